The van der Waals surface area contributed by atoms with Gasteiger partial charge >= 0.3 is 5.97 Å². The number of benzene rings is 1. The third kappa shape index (κ3) is 4.80. The summed E-state index contributed by atoms with van der Waals surface area (Å²) in [6.07, 6.45) is 3.56. The summed E-state index contributed by atoms with van der Waals surface area (Å²) in [4.78, 5) is 30.6. The third-order valence-electron chi connectivity index (χ3n) is 6.27. The monoisotopic (exact) mass is 453 g/mol. The highest BCUT2D eigenvalue weighted by Crippen LogP contribution is 2.32. The third-order valence-corrected chi connectivity index (χ3v) is 6.52. The number of carboxylic acid groups (broad SMARTS) is 1. The summed E-state index contributed by atoms with van der Waals surface area (Å²) < 4.78 is 2.21. The van der Waals surface area contributed by atoms with E-state index in [1.54, 1.807) is 6.20 Å². The van der Waals surface area contributed by atoms with Crippen molar-refractivity contribution in [1.29, 1.82) is 0 Å². The first-order valence-electron chi connectivity index (χ1n) is 10.9. The zero-order chi connectivity index (χ0) is 22.9. The molecule has 0 saturated carbocycles. The van der Waals surface area contributed by atoms with Crippen LogP contribution in [0.2, 0.25) is 5.02 Å². The van der Waals surface area contributed by atoms with E-state index in [1.807, 2.05) is 49.1 Å². The number of aromatic nitrogens is 2. The summed E-state index contributed by atoms with van der Waals surface area (Å²) in [6.45, 7) is 5.67. The maximum Gasteiger partial charge on any atom is 0.303 e. The van der Waals surface area contributed by atoms with Crippen LogP contribution in [0, 0.1) is 5.41 Å². The lowest BCUT2D eigenvalue weighted by atomic mass is 9.84. The van der Waals surface area contributed by atoms with Crippen molar-refractivity contribution < 1.29 is 14.7 Å². The predicted octanol–water partition coefficient (Wildman–Crippen LogP) is 4.90. The summed E-state index contributed by atoms with van der Waals surface area (Å²) in [5, 5.41) is 10.9. The van der Waals surface area contributed by atoms with E-state index in [-0.39, 0.29) is 12.3 Å². The van der Waals surface area contributed by atoms with Crippen LogP contribution in [0.3, 0.4) is 0 Å². The van der Waals surface area contributed by atoms with Gasteiger partial charge in [-0.3, -0.25) is 9.59 Å². The minimum atomic E-state index is -0.829. The zero-order valence-corrected chi connectivity index (χ0v) is 19.2. The molecule has 1 aromatic carbocycles. The Morgan fingerprint density at radius 3 is 2.66 bits per heavy atom. The van der Waals surface area contributed by atoms with Crippen LogP contribution in [-0.2, 0) is 29.1 Å². The molecule has 0 fully saturated rings. The Morgan fingerprint density at radius 2 is 1.94 bits per heavy atom. The number of carbonyl (C=O) groups is 2. The highest BCUT2D eigenvalue weighted by atomic mass is 35.5. The Kier molecular flexibility index (Phi) is 6.24. The number of carboxylic acids is 1. The molecule has 1 amide bonds. The molecule has 3 aromatic rings. The van der Waals surface area contributed by atoms with E-state index in [1.165, 1.54) is 5.56 Å². The number of hydrogen-bond donors (Lipinski definition) is 1. The quantitative estimate of drug-likeness (QED) is 0.551. The van der Waals surface area contributed by atoms with Gasteiger partial charge in [0.1, 0.15) is 5.65 Å². The van der Waals surface area contributed by atoms with Crippen molar-refractivity contribution >= 4 is 34.5 Å². The molecule has 0 unspecified atom stereocenters. The molecule has 0 saturated heterocycles. The van der Waals surface area contributed by atoms with E-state index in [0.29, 0.717) is 37.5 Å². The van der Waals surface area contributed by atoms with E-state index in [0.717, 1.165) is 28.7 Å². The number of amides is 1. The minimum Gasteiger partial charge on any atom is -0.481 e. The molecule has 3 heterocycles. The van der Waals surface area contributed by atoms with Crippen molar-refractivity contribution in [3.63, 3.8) is 0 Å². The van der Waals surface area contributed by atoms with Crippen molar-refractivity contribution in [1.82, 2.24) is 14.5 Å². The van der Waals surface area contributed by atoms with Gasteiger partial charge in [-0.1, -0.05) is 37.6 Å². The fourth-order valence-corrected chi connectivity index (χ4v) is 4.64. The molecule has 0 spiro atoms. The van der Waals surface area contributed by atoms with E-state index in [9.17, 15) is 9.59 Å². The average Bonchev–Trinajstić information content (AvgIpc) is 3.06. The number of pyridine rings is 1. The van der Waals surface area contributed by atoms with E-state index >= 15 is 0 Å². The summed E-state index contributed by atoms with van der Waals surface area (Å²) in [6, 6.07) is 11.9. The lowest BCUT2D eigenvalue weighted by Gasteiger charge is -2.30. The van der Waals surface area contributed by atoms with Crippen molar-refractivity contribution in [2.45, 2.75) is 52.6 Å². The maximum absolute atomic E-state index is 13.0. The molecule has 32 heavy (non-hydrogen) atoms. The molecule has 0 radical (unpaired) electrons. The van der Waals surface area contributed by atoms with E-state index in [2.05, 4.69) is 15.6 Å². The van der Waals surface area contributed by atoms with Crippen molar-refractivity contribution in [3.05, 3.63) is 64.4 Å². The molecular weight excluding hydrogens is 426 g/mol. The van der Waals surface area contributed by atoms with Crippen molar-refractivity contribution in [2.75, 3.05) is 6.54 Å². The van der Waals surface area contributed by atoms with Crippen LogP contribution in [0.25, 0.3) is 11.0 Å². The van der Waals surface area contributed by atoms with Crippen molar-refractivity contribution in [2.24, 2.45) is 5.41 Å². The van der Waals surface area contributed by atoms with Gasteiger partial charge in [0.15, 0.2) is 0 Å². The van der Waals surface area contributed by atoms with Gasteiger partial charge in [-0.05, 0) is 53.6 Å². The zero-order valence-electron chi connectivity index (χ0n) is 18.5. The summed E-state index contributed by atoms with van der Waals surface area (Å²) in [5.74, 6) is -0.755. The Hall–Kier alpha value is -2.86. The first-order valence-corrected chi connectivity index (χ1v) is 11.3. The number of carbonyl (C=O) groups excluding carboxylic acids is 1. The second kappa shape index (κ2) is 8.94. The number of hydrogen-bond acceptors (Lipinski definition) is 3. The molecule has 1 aliphatic rings. The standard InChI is InChI=1S/C25H28ClN3O3/c1-25(2,14-23(31)32)11-9-22(30)28-13-10-19-20-4-3-12-27-24(20)29(21(19)16-28)15-17-5-7-18(26)8-6-17/h3-8,12H,9-11,13-16H2,1-2H3,(H,31,32). The van der Waals surface area contributed by atoms with Gasteiger partial charge in [0.25, 0.3) is 0 Å². The van der Waals surface area contributed by atoms with Crippen LogP contribution in [0.4, 0.5) is 0 Å². The predicted molar refractivity (Wildman–Crippen MR) is 125 cm³/mol. The normalized spacial score (nSPS) is 13.9. The minimum absolute atomic E-state index is 0.0609. The topological polar surface area (TPSA) is 75.4 Å². The molecule has 0 atom stereocenters. The fourth-order valence-electron chi connectivity index (χ4n) is 4.52. The molecule has 168 valence electrons. The van der Waals surface area contributed by atoms with E-state index in [4.69, 9.17) is 16.7 Å². The Labute approximate surface area is 192 Å². The lowest BCUT2D eigenvalue weighted by molar-refractivity contribution is -0.140. The van der Waals surface area contributed by atoms with Gasteiger partial charge in [-0.25, -0.2) is 4.98 Å². The molecule has 0 aliphatic carbocycles. The van der Waals surface area contributed by atoms with Crippen LogP contribution in [0.5, 0.6) is 0 Å². The Morgan fingerprint density at radius 1 is 1.19 bits per heavy atom. The van der Waals surface area contributed by atoms with Crippen LogP contribution < -0.4 is 0 Å². The van der Waals surface area contributed by atoms with Gasteiger partial charge in [0.05, 0.1) is 13.0 Å². The number of fused-ring (bicyclic) bond motifs is 3. The van der Waals surface area contributed by atoms with Crippen LogP contribution in [0.15, 0.2) is 42.6 Å². The van der Waals surface area contributed by atoms with Gasteiger partial charge in [0.2, 0.25) is 5.91 Å². The molecule has 2 aromatic heterocycles. The highest BCUT2D eigenvalue weighted by molar-refractivity contribution is 6.30. The summed E-state index contributed by atoms with van der Waals surface area (Å²) >= 11 is 6.05. The Bertz CT molecular complexity index is 1150. The van der Waals surface area contributed by atoms with Gasteiger partial charge < -0.3 is 14.6 Å². The average molecular weight is 454 g/mol. The summed E-state index contributed by atoms with van der Waals surface area (Å²) in [5.41, 5.74) is 4.04. The Balaban J connectivity index is 1.57. The van der Waals surface area contributed by atoms with Crippen LogP contribution in [0.1, 0.15) is 49.9 Å². The highest BCUT2D eigenvalue weighted by Gasteiger charge is 2.29. The van der Waals surface area contributed by atoms with Crippen molar-refractivity contribution in [3.8, 4) is 0 Å². The number of rotatable bonds is 7. The number of aliphatic carboxylic acids is 1. The van der Waals surface area contributed by atoms with Gasteiger partial charge in [0, 0.05) is 41.8 Å². The second-order valence-electron chi connectivity index (χ2n) is 9.31. The largest absolute Gasteiger partial charge is 0.481 e. The molecule has 1 N–H and O–H groups in total. The van der Waals surface area contributed by atoms with E-state index < -0.39 is 11.4 Å². The molecular formula is C25H28ClN3O3. The lowest BCUT2D eigenvalue weighted by Crippen LogP contribution is -2.37. The smallest absolute Gasteiger partial charge is 0.303 e. The molecule has 4 rings (SSSR count). The SMILES string of the molecule is CC(C)(CCC(=O)N1CCc2c(n(Cc3ccc(Cl)cc3)c3ncccc23)C1)CC(=O)O. The molecule has 7 heteroatoms. The summed E-state index contributed by atoms with van der Waals surface area (Å²) in [7, 11) is 0. The van der Waals surface area contributed by atoms with Gasteiger partial charge in [-0.15, -0.1) is 0 Å². The first kappa shape index (κ1) is 22.3. The maximum atomic E-state index is 13.0. The number of nitrogens with zero attached hydrogens (tertiary/aromatic N) is 3. The molecule has 6 nitrogen and oxygen atoms in total. The number of halogens is 1. The van der Waals surface area contributed by atoms with Crippen LogP contribution in [-0.4, -0.2) is 38.0 Å². The van der Waals surface area contributed by atoms with Gasteiger partial charge in [-0.2, -0.15) is 0 Å². The molecule has 1 aliphatic heterocycles. The second-order valence-corrected chi connectivity index (χ2v) is 9.75. The first-order chi connectivity index (χ1) is 15.2. The van der Waals surface area contributed by atoms with Crippen LogP contribution >= 0.6 is 11.6 Å². The molecule has 0 bridgehead atoms. The fraction of sp³-hybridized carbons (Fsp3) is 0.400.